The van der Waals surface area contributed by atoms with Gasteiger partial charge in [-0.15, -0.1) is 0 Å². The van der Waals surface area contributed by atoms with E-state index in [1.54, 1.807) is 0 Å². The van der Waals surface area contributed by atoms with Crippen LogP contribution in [-0.2, 0) is 4.79 Å². The first-order valence-corrected chi connectivity index (χ1v) is 7.70. The highest BCUT2D eigenvalue weighted by molar-refractivity contribution is 5.78. The Morgan fingerprint density at radius 1 is 1.15 bits per heavy atom. The fourth-order valence-electron chi connectivity index (χ4n) is 3.03. The van der Waals surface area contributed by atoms with Crippen LogP contribution in [0.2, 0.25) is 0 Å². The lowest BCUT2D eigenvalue weighted by Gasteiger charge is -2.35. The highest BCUT2D eigenvalue weighted by atomic mass is 16.3. The summed E-state index contributed by atoms with van der Waals surface area (Å²) < 4.78 is 0. The number of likely N-dealkylation sites (N-methyl/N-ethyl adjacent to an activating group) is 1. The Morgan fingerprint density at radius 3 is 2.45 bits per heavy atom. The molecule has 2 rings (SSSR count). The zero-order valence-corrected chi connectivity index (χ0v) is 12.3. The zero-order valence-electron chi connectivity index (χ0n) is 12.3. The topological polar surface area (TPSA) is 76.0 Å². The minimum Gasteiger partial charge on any atom is -0.390 e. The number of carbonyl (C=O) groups is 1. The number of aliphatic hydroxyl groups excluding tert-OH is 2. The summed E-state index contributed by atoms with van der Waals surface area (Å²) in [7, 11) is 0. The first kappa shape index (κ1) is 15.7. The van der Waals surface area contributed by atoms with Crippen molar-refractivity contribution in [2.75, 3.05) is 39.3 Å². The minimum absolute atomic E-state index is 0.0481. The average Bonchev–Trinajstić information content (AvgIpc) is 2.45. The van der Waals surface area contributed by atoms with E-state index in [-0.39, 0.29) is 11.9 Å². The lowest BCUT2D eigenvalue weighted by Crippen LogP contribution is -2.54. The van der Waals surface area contributed by atoms with Crippen LogP contribution in [0.15, 0.2) is 0 Å². The summed E-state index contributed by atoms with van der Waals surface area (Å²) in [6.45, 7) is 7.44. The lowest BCUT2D eigenvalue weighted by atomic mass is 9.90. The second-order valence-corrected chi connectivity index (χ2v) is 5.87. The molecule has 0 aromatic carbocycles. The molecule has 6 nitrogen and oxygen atoms in total. The summed E-state index contributed by atoms with van der Waals surface area (Å²) in [6.07, 6.45) is 0.671. The van der Waals surface area contributed by atoms with Crippen molar-refractivity contribution in [3.8, 4) is 0 Å². The van der Waals surface area contributed by atoms with Crippen LogP contribution in [-0.4, -0.2) is 83.4 Å². The molecule has 0 unspecified atom stereocenters. The molecule has 0 aromatic heterocycles. The van der Waals surface area contributed by atoms with Crippen molar-refractivity contribution in [1.29, 1.82) is 0 Å². The number of carbonyl (C=O) groups excluding carboxylic acids is 1. The summed E-state index contributed by atoms with van der Waals surface area (Å²) in [5.41, 5.74) is 0. The number of hydrogen-bond acceptors (Lipinski definition) is 5. The molecule has 1 saturated carbocycles. The predicted molar refractivity (Wildman–Crippen MR) is 76.3 cm³/mol. The average molecular weight is 285 g/mol. The Morgan fingerprint density at radius 2 is 1.80 bits per heavy atom. The van der Waals surface area contributed by atoms with Crippen molar-refractivity contribution in [3.63, 3.8) is 0 Å². The summed E-state index contributed by atoms with van der Waals surface area (Å²) in [5.74, 6) is -0.0481. The zero-order chi connectivity index (χ0) is 14.5. The van der Waals surface area contributed by atoms with Crippen molar-refractivity contribution in [2.24, 2.45) is 0 Å². The third kappa shape index (κ3) is 4.15. The first-order valence-electron chi connectivity index (χ1n) is 7.70. The van der Waals surface area contributed by atoms with Crippen LogP contribution >= 0.6 is 0 Å². The smallest absolute Gasteiger partial charge is 0.234 e. The van der Waals surface area contributed by atoms with Gasteiger partial charge in [-0.25, -0.2) is 0 Å². The molecule has 0 radical (unpaired) electrons. The number of nitrogens with zero attached hydrogens (tertiary/aromatic N) is 2. The van der Waals surface area contributed by atoms with Gasteiger partial charge in [0.15, 0.2) is 0 Å². The molecule has 1 aliphatic carbocycles. The molecule has 116 valence electrons. The molecule has 0 aromatic rings. The Kier molecular flexibility index (Phi) is 5.77. The van der Waals surface area contributed by atoms with Gasteiger partial charge in [0.25, 0.3) is 0 Å². The van der Waals surface area contributed by atoms with Crippen molar-refractivity contribution in [2.45, 2.75) is 44.4 Å². The van der Waals surface area contributed by atoms with Crippen LogP contribution in [0.4, 0.5) is 0 Å². The van der Waals surface area contributed by atoms with Gasteiger partial charge in [-0.2, -0.15) is 0 Å². The van der Waals surface area contributed by atoms with E-state index in [4.69, 9.17) is 0 Å². The van der Waals surface area contributed by atoms with Crippen LogP contribution in [0.1, 0.15) is 26.2 Å². The molecule has 0 spiro atoms. The quantitative estimate of drug-likeness (QED) is 0.619. The summed E-state index contributed by atoms with van der Waals surface area (Å²) >= 11 is 0. The molecule has 3 N–H and O–H groups in total. The third-order valence-corrected chi connectivity index (χ3v) is 4.45. The summed E-state index contributed by atoms with van der Waals surface area (Å²) in [4.78, 5) is 16.5. The van der Waals surface area contributed by atoms with E-state index < -0.39 is 12.2 Å². The Balaban J connectivity index is 1.72. The fourth-order valence-corrected chi connectivity index (χ4v) is 3.03. The monoisotopic (exact) mass is 285 g/mol. The number of amides is 1. The Bertz CT molecular complexity index is 319. The van der Waals surface area contributed by atoms with Gasteiger partial charge in [-0.3, -0.25) is 9.69 Å². The van der Waals surface area contributed by atoms with Crippen molar-refractivity contribution < 1.29 is 15.0 Å². The molecular weight excluding hydrogens is 258 g/mol. The van der Waals surface area contributed by atoms with Crippen LogP contribution < -0.4 is 5.32 Å². The number of rotatable bonds is 4. The van der Waals surface area contributed by atoms with E-state index in [9.17, 15) is 15.0 Å². The molecule has 6 heteroatoms. The largest absolute Gasteiger partial charge is 0.390 e. The maximum atomic E-state index is 12.0. The normalized spacial score (nSPS) is 33.0. The third-order valence-electron chi connectivity index (χ3n) is 4.45. The van der Waals surface area contributed by atoms with Gasteiger partial charge < -0.3 is 20.4 Å². The molecule has 20 heavy (non-hydrogen) atoms. The highest BCUT2D eigenvalue weighted by Gasteiger charge is 2.31. The van der Waals surface area contributed by atoms with Crippen LogP contribution in [0.25, 0.3) is 0 Å². The second kappa shape index (κ2) is 7.36. The van der Waals surface area contributed by atoms with Crippen LogP contribution in [0, 0.1) is 0 Å². The molecule has 1 aliphatic heterocycles. The summed E-state index contributed by atoms with van der Waals surface area (Å²) in [5, 5.41) is 22.4. The molecule has 1 amide bonds. The van der Waals surface area contributed by atoms with Gasteiger partial charge in [-0.1, -0.05) is 6.92 Å². The van der Waals surface area contributed by atoms with E-state index in [0.717, 1.165) is 45.6 Å². The van der Waals surface area contributed by atoms with Crippen LogP contribution in [0.3, 0.4) is 0 Å². The molecule has 1 heterocycles. The molecule has 2 aliphatic rings. The van der Waals surface area contributed by atoms with E-state index in [1.165, 1.54) is 0 Å². The predicted octanol–water partition coefficient (Wildman–Crippen LogP) is -0.986. The highest BCUT2D eigenvalue weighted by Crippen LogP contribution is 2.19. The maximum Gasteiger partial charge on any atom is 0.234 e. The number of nitrogens with one attached hydrogen (secondary N) is 1. The molecule has 1 saturated heterocycles. The molecular formula is C14H27N3O3. The van der Waals surface area contributed by atoms with Gasteiger partial charge in [0.05, 0.1) is 24.8 Å². The van der Waals surface area contributed by atoms with Gasteiger partial charge in [-0.05, 0) is 25.8 Å². The van der Waals surface area contributed by atoms with E-state index in [0.29, 0.717) is 13.0 Å². The second-order valence-electron chi connectivity index (χ2n) is 5.87. The van der Waals surface area contributed by atoms with Gasteiger partial charge in [0.1, 0.15) is 0 Å². The van der Waals surface area contributed by atoms with Crippen molar-refractivity contribution in [3.05, 3.63) is 0 Å². The van der Waals surface area contributed by atoms with Gasteiger partial charge >= 0.3 is 0 Å². The SMILES string of the molecule is CCN1CCN(CC(=O)N[C@@H]2CCC[C@@H](O)[C@@H]2O)CC1. The Labute approximate surface area is 120 Å². The van der Waals surface area contributed by atoms with E-state index >= 15 is 0 Å². The van der Waals surface area contributed by atoms with Crippen molar-refractivity contribution >= 4 is 5.91 Å². The maximum absolute atomic E-state index is 12.0. The number of aliphatic hydroxyl groups is 2. The molecule has 0 bridgehead atoms. The van der Waals surface area contributed by atoms with Crippen molar-refractivity contribution in [1.82, 2.24) is 15.1 Å². The first-order chi connectivity index (χ1) is 9.60. The standard InChI is InChI=1S/C14H27N3O3/c1-2-16-6-8-17(9-7-16)10-13(19)15-11-4-3-5-12(18)14(11)20/h11-12,14,18,20H,2-10H2,1H3,(H,15,19)/t11-,12-,14-/m1/s1. The van der Waals surface area contributed by atoms with E-state index in [1.807, 2.05) is 0 Å². The lowest BCUT2D eigenvalue weighted by molar-refractivity contribution is -0.125. The minimum atomic E-state index is -0.829. The molecule has 2 fully saturated rings. The van der Waals surface area contributed by atoms with Crippen LogP contribution in [0.5, 0.6) is 0 Å². The van der Waals surface area contributed by atoms with Gasteiger partial charge in [0, 0.05) is 26.2 Å². The number of hydrogen-bond donors (Lipinski definition) is 3. The fraction of sp³-hybridized carbons (Fsp3) is 0.929. The number of piperazine rings is 1. The Hall–Kier alpha value is -0.690. The van der Waals surface area contributed by atoms with Gasteiger partial charge in [0.2, 0.25) is 5.91 Å². The van der Waals surface area contributed by atoms with E-state index in [2.05, 4.69) is 22.0 Å². The molecule has 3 atom stereocenters. The summed E-state index contributed by atoms with van der Waals surface area (Å²) in [6, 6.07) is -0.303.